The van der Waals surface area contributed by atoms with Crippen molar-refractivity contribution in [1.82, 2.24) is 9.97 Å². The molecule has 1 unspecified atom stereocenters. The molecule has 3 aromatic rings. The van der Waals surface area contributed by atoms with Crippen molar-refractivity contribution in [3.8, 4) is 22.3 Å². The van der Waals surface area contributed by atoms with Gasteiger partial charge < -0.3 is 5.11 Å². The molecule has 29 heavy (non-hydrogen) atoms. The minimum Gasteiger partial charge on any atom is -0.393 e. The molecule has 3 rings (SSSR count). The van der Waals surface area contributed by atoms with Crippen LogP contribution in [0.1, 0.15) is 37.6 Å². The van der Waals surface area contributed by atoms with E-state index in [9.17, 15) is 5.11 Å². The lowest BCUT2D eigenvalue weighted by atomic mass is 10.0. The van der Waals surface area contributed by atoms with Crippen molar-refractivity contribution in [2.24, 2.45) is 0 Å². The third-order valence-electron chi connectivity index (χ3n) is 4.80. The molecule has 0 radical (unpaired) electrons. The molecule has 148 valence electrons. The van der Waals surface area contributed by atoms with Gasteiger partial charge in [0.1, 0.15) is 5.82 Å². The molecule has 0 saturated heterocycles. The summed E-state index contributed by atoms with van der Waals surface area (Å²) < 4.78 is 0. The molecule has 2 aromatic carbocycles. The molecule has 0 saturated carbocycles. The van der Waals surface area contributed by atoms with Crippen LogP contribution in [0.2, 0.25) is 0 Å². The second-order valence-corrected chi connectivity index (χ2v) is 7.26. The summed E-state index contributed by atoms with van der Waals surface area (Å²) in [7, 11) is 0. The number of aromatic nitrogens is 2. The molecule has 1 atom stereocenters. The van der Waals surface area contributed by atoms with Crippen molar-refractivity contribution in [2.75, 3.05) is 0 Å². The maximum Gasteiger partial charge on any atom is 0.131 e. The van der Waals surface area contributed by atoms with Crippen molar-refractivity contribution in [2.45, 2.75) is 38.7 Å². The Bertz CT molecular complexity index is 924. The van der Waals surface area contributed by atoms with Gasteiger partial charge in [0.2, 0.25) is 0 Å². The Morgan fingerprint density at radius 2 is 1.45 bits per heavy atom. The van der Waals surface area contributed by atoms with E-state index in [1.165, 1.54) is 16.7 Å². The van der Waals surface area contributed by atoms with Crippen LogP contribution in [0.25, 0.3) is 28.3 Å². The van der Waals surface area contributed by atoms with Crippen LogP contribution >= 0.6 is 0 Å². The first-order chi connectivity index (χ1) is 14.2. The van der Waals surface area contributed by atoms with Gasteiger partial charge in [0.25, 0.3) is 0 Å². The molecule has 0 fully saturated rings. The number of unbranched alkanes of at least 4 members (excludes halogenated alkanes) is 1. The molecule has 3 heteroatoms. The first-order valence-corrected chi connectivity index (χ1v) is 10.1. The molecule has 0 amide bonds. The van der Waals surface area contributed by atoms with Crippen LogP contribution in [0.3, 0.4) is 0 Å². The van der Waals surface area contributed by atoms with E-state index in [1.807, 2.05) is 25.4 Å². The average molecular weight is 385 g/mol. The standard InChI is InChI=1S/C26H28N2O/c1-3-7-26-27-18-25(19-28-26)24-16-14-23(15-17-24)22-12-10-21(11-13-22)9-6-4-5-8-20(2)29/h3,6,9-20,29H,1,4-5,7-8H2,2H3/b9-6+. The molecule has 1 heterocycles. The molecule has 0 aliphatic carbocycles. The van der Waals surface area contributed by atoms with Gasteiger partial charge in [0.15, 0.2) is 0 Å². The fourth-order valence-electron chi connectivity index (χ4n) is 3.13. The van der Waals surface area contributed by atoms with E-state index in [0.717, 1.165) is 36.2 Å². The smallest absolute Gasteiger partial charge is 0.131 e. The zero-order valence-electron chi connectivity index (χ0n) is 17.0. The zero-order chi connectivity index (χ0) is 20.5. The normalized spacial score (nSPS) is 12.2. The summed E-state index contributed by atoms with van der Waals surface area (Å²) in [6.45, 7) is 5.55. The van der Waals surface area contributed by atoms with E-state index in [1.54, 1.807) is 0 Å². The van der Waals surface area contributed by atoms with Crippen LogP contribution in [0.5, 0.6) is 0 Å². The third kappa shape index (κ3) is 6.23. The number of rotatable bonds is 9. The number of benzene rings is 2. The molecular weight excluding hydrogens is 356 g/mol. The van der Waals surface area contributed by atoms with Gasteiger partial charge in [0, 0.05) is 24.4 Å². The van der Waals surface area contributed by atoms with Crippen molar-refractivity contribution < 1.29 is 5.11 Å². The largest absolute Gasteiger partial charge is 0.393 e. The summed E-state index contributed by atoms with van der Waals surface area (Å²) in [4.78, 5) is 8.76. The lowest BCUT2D eigenvalue weighted by Crippen LogP contribution is -1.97. The Hall–Kier alpha value is -3.04. The summed E-state index contributed by atoms with van der Waals surface area (Å²) in [5.41, 5.74) is 5.70. The summed E-state index contributed by atoms with van der Waals surface area (Å²) in [5.74, 6) is 0.789. The van der Waals surface area contributed by atoms with E-state index < -0.39 is 0 Å². The van der Waals surface area contributed by atoms with Gasteiger partial charge in [-0.15, -0.1) is 6.58 Å². The van der Waals surface area contributed by atoms with Gasteiger partial charge in [-0.3, -0.25) is 0 Å². The van der Waals surface area contributed by atoms with Crippen molar-refractivity contribution >= 4 is 6.08 Å². The Balaban J connectivity index is 1.62. The molecule has 0 bridgehead atoms. The minimum absolute atomic E-state index is 0.210. The molecule has 0 aliphatic heterocycles. The number of nitrogens with zero attached hydrogens (tertiary/aromatic N) is 2. The fourth-order valence-corrected chi connectivity index (χ4v) is 3.13. The van der Waals surface area contributed by atoms with Crippen LogP contribution in [0, 0.1) is 0 Å². The Labute approximate surface area is 173 Å². The van der Waals surface area contributed by atoms with Crippen LogP contribution in [-0.4, -0.2) is 21.2 Å². The van der Waals surface area contributed by atoms with Crippen molar-refractivity contribution in [3.63, 3.8) is 0 Å². The van der Waals surface area contributed by atoms with Gasteiger partial charge >= 0.3 is 0 Å². The monoisotopic (exact) mass is 384 g/mol. The van der Waals surface area contributed by atoms with E-state index in [2.05, 4.69) is 77.2 Å². The minimum atomic E-state index is -0.210. The molecular formula is C26H28N2O. The van der Waals surface area contributed by atoms with Gasteiger partial charge in [0.05, 0.1) is 6.10 Å². The highest BCUT2D eigenvalue weighted by atomic mass is 16.3. The Morgan fingerprint density at radius 3 is 2.00 bits per heavy atom. The van der Waals surface area contributed by atoms with Gasteiger partial charge in [-0.2, -0.15) is 0 Å². The molecule has 0 spiro atoms. The summed E-state index contributed by atoms with van der Waals surface area (Å²) in [6, 6.07) is 17.1. The third-order valence-corrected chi connectivity index (χ3v) is 4.80. The number of hydrogen-bond donors (Lipinski definition) is 1. The predicted octanol–water partition coefficient (Wildman–Crippen LogP) is 6.10. The van der Waals surface area contributed by atoms with Crippen LogP contribution in [0.4, 0.5) is 0 Å². The molecule has 1 N–H and O–H groups in total. The van der Waals surface area contributed by atoms with E-state index in [4.69, 9.17) is 0 Å². The first kappa shape index (κ1) is 20.7. The van der Waals surface area contributed by atoms with Gasteiger partial charge in [-0.05, 0) is 48.4 Å². The lowest BCUT2D eigenvalue weighted by Gasteiger charge is -2.06. The second-order valence-electron chi connectivity index (χ2n) is 7.26. The van der Waals surface area contributed by atoms with Crippen LogP contribution in [0.15, 0.2) is 79.7 Å². The molecule has 3 nitrogen and oxygen atoms in total. The topological polar surface area (TPSA) is 46.0 Å². The first-order valence-electron chi connectivity index (χ1n) is 10.1. The predicted molar refractivity (Wildman–Crippen MR) is 121 cm³/mol. The summed E-state index contributed by atoms with van der Waals surface area (Å²) >= 11 is 0. The number of allylic oxidation sites excluding steroid dienone is 2. The Kier molecular flexibility index (Phi) is 7.48. The average Bonchev–Trinajstić information content (AvgIpc) is 2.75. The van der Waals surface area contributed by atoms with Crippen molar-refractivity contribution in [1.29, 1.82) is 0 Å². The number of aliphatic hydroxyl groups is 1. The second kappa shape index (κ2) is 10.5. The lowest BCUT2D eigenvalue weighted by molar-refractivity contribution is 0.182. The highest BCUT2D eigenvalue weighted by molar-refractivity contribution is 5.70. The quantitative estimate of drug-likeness (QED) is 0.358. The van der Waals surface area contributed by atoms with Crippen LogP contribution in [-0.2, 0) is 6.42 Å². The highest BCUT2D eigenvalue weighted by Gasteiger charge is 2.02. The van der Waals surface area contributed by atoms with Gasteiger partial charge in [-0.1, -0.05) is 66.8 Å². The number of aliphatic hydroxyl groups excluding tert-OH is 1. The zero-order valence-corrected chi connectivity index (χ0v) is 17.0. The molecule has 1 aromatic heterocycles. The van der Waals surface area contributed by atoms with Crippen LogP contribution < -0.4 is 0 Å². The maximum absolute atomic E-state index is 9.29. The maximum atomic E-state index is 9.29. The van der Waals surface area contributed by atoms with Gasteiger partial charge in [-0.25, -0.2) is 9.97 Å². The van der Waals surface area contributed by atoms with E-state index in [-0.39, 0.29) is 6.10 Å². The van der Waals surface area contributed by atoms with E-state index in [0.29, 0.717) is 6.42 Å². The summed E-state index contributed by atoms with van der Waals surface area (Å²) in [5, 5.41) is 9.29. The number of hydrogen-bond acceptors (Lipinski definition) is 3. The Morgan fingerprint density at radius 1 is 0.897 bits per heavy atom. The SMILES string of the molecule is C=CCc1ncc(-c2ccc(-c3ccc(/C=C/CCCC(C)O)cc3)cc2)cn1. The summed E-state index contributed by atoms with van der Waals surface area (Å²) in [6.07, 6.45) is 13.2. The molecule has 0 aliphatic rings. The highest BCUT2D eigenvalue weighted by Crippen LogP contribution is 2.25. The fraction of sp³-hybridized carbons (Fsp3) is 0.231. The van der Waals surface area contributed by atoms with E-state index >= 15 is 0 Å². The van der Waals surface area contributed by atoms with Crippen molar-refractivity contribution in [3.05, 3.63) is 91.0 Å².